The van der Waals surface area contributed by atoms with Crippen LogP contribution in [0.3, 0.4) is 0 Å². The molecular weight excluding hydrogens is 276 g/mol. The number of thiophene rings is 1. The fourth-order valence-corrected chi connectivity index (χ4v) is 2.94. The van der Waals surface area contributed by atoms with Crippen molar-refractivity contribution in [2.45, 2.75) is 12.6 Å². The van der Waals surface area contributed by atoms with Gasteiger partial charge in [-0.15, -0.1) is 11.3 Å². The minimum atomic E-state index is 0.230. The average molecular weight is 294 g/mol. The van der Waals surface area contributed by atoms with Gasteiger partial charge in [0.1, 0.15) is 0 Å². The van der Waals surface area contributed by atoms with Crippen molar-refractivity contribution in [3.05, 3.63) is 23.4 Å². The summed E-state index contributed by atoms with van der Waals surface area (Å²) in [6.45, 7) is 4.08. The van der Waals surface area contributed by atoms with Crippen molar-refractivity contribution in [2.24, 2.45) is 0 Å². The van der Waals surface area contributed by atoms with Gasteiger partial charge in [-0.25, -0.2) is 0 Å². The number of nitrogens with one attached hydrogen (secondary N) is 1. The molecule has 20 heavy (non-hydrogen) atoms. The Morgan fingerprint density at radius 2 is 2.50 bits per heavy atom. The van der Waals surface area contributed by atoms with E-state index in [2.05, 4.69) is 20.4 Å². The lowest BCUT2D eigenvalue weighted by molar-refractivity contribution is -0.0318. The van der Waals surface area contributed by atoms with E-state index in [-0.39, 0.29) is 6.10 Å². The zero-order chi connectivity index (χ0) is 13.8. The molecule has 0 amide bonds. The third kappa shape index (κ3) is 3.24. The van der Waals surface area contributed by atoms with Gasteiger partial charge in [0.15, 0.2) is 0 Å². The Labute approximate surface area is 121 Å². The Morgan fingerprint density at radius 3 is 3.30 bits per heavy atom. The molecule has 2 aromatic heterocycles. The summed E-state index contributed by atoms with van der Waals surface area (Å²) in [6, 6.07) is 3.98. The number of morpholine rings is 1. The van der Waals surface area contributed by atoms with Crippen molar-refractivity contribution in [1.29, 1.82) is 0 Å². The predicted molar refractivity (Wildman–Crippen MR) is 76.6 cm³/mol. The monoisotopic (exact) mass is 294 g/mol. The van der Waals surface area contributed by atoms with Crippen LogP contribution in [0, 0.1) is 0 Å². The molecule has 0 radical (unpaired) electrons. The van der Waals surface area contributed by atoms with Crippen LogP contribution in [0.4, 0.5) is 0 Å². The molecule has 3 heterocycles. The lowest BCUT2D eigenvalue weighted by atomic mass is 10.2. The Hall–Kier alpha value is -1.28. The highest BCUT2D eigenvalue weighted by Crippen LogP contribution is 2.21. The Balaban J connectivity index is 1.60. The van der Waals surface area contributed by atoms with Crippen LogP contribution in [-0.2, 0) is 11.3 Å². The zero-order valence-electron chi connectivity index (χ0n) is 11.4. The van der Waals surface area contributed by atoms with Crippen molar-refractivity contribution in [1.82, 2.24) is 20.4 Å². The number of aromatic nitrogens is 2. The zero-order valence-corrected chi connectivity index (χ0v) is 12.2. The molecule has 0 spiro atoms. The molecule has 1 aliphatic rings. The van der Waals surface area contributed by atoms with E-state index < -0.39 is 0 Å². The first kappa shape index (κ1) is 13.7. The van der Waals surface area contributed by atoms with E-state index in [0.29, 0.717) is 18.3 Å². The summed E-state index contributed by atoms with van der Waals surface area (Å²) in [4.78, 5) is 7.78. The molecular formula is C13H18N4O2S. The minimum Gasteiger partial charge on any atom is -0.374 e. The molecule has 0 saturated carbocycles. The van der Waals surface area contributed by atoms with E-state index in [1.54, 1.807) is 11.3 Å². The lowest BCUT2D eigenvalue weighted by Crippen LogP contribution is -2.45. The van der Waals surface area contributed by atoms with Crippen molar-refractivity contribution in [3.8, 4) is 10.7 Å². The SMILES string of the molecule is CNCC1CN(Cc2nc(-c3cccs3)no2)CCO1. The van der Waals surface area contributed by atoms with Crippen LogP contribution >= 0.6 is 11.3 Å². The summed E-state index contributed by atoms with van der Waals surface area (Å²) in [7, 11) is 1.94. The number of hydrogen-bond donors (Lipinski definition) is 1. The van der Waals surface area contributed by atoms with Crippen molar-refractivity contribution in [3.63, 3.8) is 0 Å². The first-order valence-electron chi connectivity index (χ1n) is 6.70. The second kappa shape index (κ2) is 6.45. The fourth-order valence-electron chi connectivity index (χ4n) is 2.29. The van der Waals surface area contributed by atoms with Gasteiger partial charge in [0, 0.05) is 19.6 Å². The van der Waals surface area contributed by atoms with Gasteiger partial charge in [-0.1, -0.05) is 11.2 Å². The van der Waals surface area contributed by atoms with Gasteiger partial charge in [0.05, 0.1) is 24.1 Å². The Morgan fingerprint density at radius 1 is 1.55 bits per heavy atom. The van der Waals surface area contributed by atoms with Crippen LogP contribution in [0.15, 0.2) is 22.0 Å². The van der Waals surface area contributed by atoms with Gasteiger partial charge in [-0.2, -0.15) is 4.98 Å². The van der Waals surface area contributed by atoms with E-state index in [1.165, 1.54) is 0 Å². The van der Waals surface area contributed by atoms with Crippen molar-refractivity contribution in [2.75, 3.05) is 33.3 Å². The van der Waals surface area contributed by atoms with Crippen LogP contribution in [-0.4, -0.2) is 54.4 Å². The lowest BCUT2D eigenvalue weighted by Gasteiger charge is -2.31. The summed E-state index contributed by atoms with van der Waals surface area (Å²) in [5.41, 5.74) is 0. The van der Waals surface area contributed by atoms with Crippen molar-refractivity contribution >= 4 is 11.3 Å². The number of nitrogens with zero attached hydrogens (tertiary/aromatic N) is 3. The average Bonchev–Trinajstić information content (AvgIpc) is 3.10. The fraction of sp³-hybridized carbons (Fsp3) is 0.538. The van der Waals surface area contributed by atoms with Gasteiger partial charge < -0.3 is 14.6 Å². The van der Waals surface area contributed by atoms with Gasteiger partial charge in [-0.05, 0) is 18.5 Å². The molecule has 1 unspecified atom stereocenters. The van der Waals surface area contributed by atoms with E-state index >= 15 is 0 Å². The smallest absolute Gasteiger partial charge is 0.241 e. The van der Waals surface area contributed by atoms with Gasteiger partial charge >= 0.3 is 0 Å². The topological polar surface area (TPSA) is 63.4 Å². The molecule has 2 aromatic rings. The highest BCUT2D eigenvalue weighted by molar-refractivity contribution is 7.13. The molecule has 3 rings (SSSR count). The molecule has 0 aliphatic carbocycles. The van der Waals surface area contributed by atoms with Crippen LogP contribution in [0.2, 0.25) is 0 Å². The predicted octanol–water partition coefficient (Wildman–Crippen LogP) is 1.22. The summed E-state index contributed by atoms with van der Waals surface area (Å²) >= 11 is 1.62. The molecule has 1 fully saturated rings. The maximum atomic E-state index is 5.68. The van der Waals surface area contributed by atoms with E-state index in [0.717, 1.165) is 31.1 Å². The highest BCUT2D eigenvalue weighted by Gasteiger charge is 2.21. The maximum Gasteiger partial charge on any atom is 0.241 e. The standard InChI is InChI=1S/C13H18N4O2S/c1-14-7-10-8-17(4-5-18-10)9-12-15-13(16-19-12)11-3-2-6-20-11/h2-3,6,10,14H,4-5,7-9H2,1H3. The molecule has 1 aliphatic heterocycles. The van der Waals surface area contributed by atoms with Gasteiger partial charge in [-0.3, -0.25) is 4.90 Å². The second-order valence-electron chi connectivity index (χ2n) is 4.77. The molecule has 1 atom stereocenters. The second-order valence-corrected chi connectivity index (χ2v) is 5.72. The van der Waals surface area contributed by atoms with E-state index in [4.69, 9.17) is 9.26 Å². The van der Waals surface area contributed by atoms with Crippen molar-refractivity contribution < 1.29 is 9.26 Å². The van der Waals surface area contributed by atoms with Gasteiger partial charge in [0.25, 0.3) is 0 Å². The Bertz CT molecular complexity index is 526. The molecule has 6 nitrogen and oxygen atoms in total. The normalized spacial score (nSPS) is 20.4. The van der Waals surface area contributed by atoms with Crippen LogP contribution in [0.1, 0.15) is 5.89 Å². The summed E-state index contributed by atoms with van der Waals surface area (Å²) in [6.07, 6.45) is 0.230. The quantitative estimate of drug-likeness (QED) is 0.894. The van der Waals surface area contributed by atoms with E-state index in [9.17, 15) is 0 Å². The largest absolute Gasteiger partial charge is 0.374 e. The molecule has 1 saturated heterocycles. The van der Waals surface area contributed by atoms with Crippen LogP contribution < -0.4 is 5.32 Å². The summed E-state index contributed by atoms with van der Waals surface area (Å²) in [5, 5.41) is 9.19. The maximum absolute atomic E-state index is 5.68. The van der Waals surface area contributed by atoms with Gasteiger partial charge in [0.2, 0.25) is 11.7 Å². The number of ether oxygens (including phenoxy) is 1. The highest BCUT2D eigenvalue weighted by atomic mass is 32.1. The first-order chi connectivity index (χ1) is 9.85. The molecule has 108 valence electrons. The molecule has 1 N–H and O–H groups in total. The van der Waals surface area contributed by atoms with E-state index in [1.807, 2.05) is 24.6 Å². The molecule has 0 aromatic carbocycles. The number of rotatable bonds is 5. The first-order valence-corrected chi connectivity index (χ1v) is 7.58. The molecule has 0 bridgehead atoms. The number of hydrogen-bond acceptors (Lipinski definition) is 7. The third-order valence-corrected chi connectivity index (χ3v) is 4.09. The summed E-state index contributed by atoms with van der Waals surface area (Å²) < 4.78 is 11.0. The van der Waals surface area contributed by atoms with Crippen LogP contribution in [0.5, 0.6) is 0 Å². The Kier molecular flexibility index (Phi) is 4.41. The summed E-state index contributed by atoms with van der Waals surface area (Å²) in [5.74, 6) is 1.34. The van der Waals surface area contributed by atoms with Crippen LogP contribution in [0.25, 0.3) is 10.7 Å². The minimum absolute atomic E-state index is 0.230. The third-order valence-electron chi connectivity index (χ3n) is 3.22. The number of likely N-dealkylation sites (N-methyl/N-ethyl adjacent to an activating group) is 1. The molecule has 7 heteroatoms.